The third-order valence-electron chi connectivity index (χ3n) is 2.41. The number of nitrogens with one attached hydrogen (secondary N) is 1. The molecule has 74 valence electrons. The molecule has 1 aliphatic rings. The molecule has 5 nitrogen and oxygen atoms in total. The number of carbonyl (C=O) groups excluding carboxylic acids is 1. The van der Waals surface area contributed by atoms with Crippen molar-refractivity contribution >= 4 is 22.8 Å². The second kappa shape index (κ2) is 2.66. The number of para-hydroxylation sites is 1. The molecule has 1 N–H and O–H groups in total. The van der Waals surface area contributed by atoms with Gasteiger partial charge in [0.1, 0.15) is 6.54 Å². The Balaban J connectivity index is 2.45. The Labute approximate surface area is 84.4 Å². The topological polar surface area (TPSA) is 64.0 Å². The van der Waals surface area contributed by atoms with E-state index in [1.165, 1.54) is 4.57 Å². The van der Waals surface area contributed by atoms with Gasteiger partial charge < -0.3 is 0 Å². The highest BCUT2D eigenvalue weighted by atomic mass is 16.2. The molecule has 0 unspecified atom stereocenters. The first-order chi connectivity index (χ1) is 7.25. The highest BCUT2D eigenvalue weighted by Gasteiger charge is 2.20. The van der Waals surface area contributed by atoms with E-state index in [0.29, 0.717) is 16.9 Å². The normalized spacial score (nSPS) is 14.0. The summed E-state index contributed by atoms with van der Waals surface area (Å²) in [5.41, 5.74) is 0.435. The van der Waals surface area contributed by atoms with Gasteiger partial charge in [0.2, 0.25) is 11.9 Å². The molecule has 2 aromatic rings. The van der Waals surface area contributed by atoms with Crippen LogP contribution in [-0.4, -0.2) is 15.5 Å². The van der Waals surface area contributed by atoms with E-state index >= 15 is 0 Å². The lowest BCUT2D eigenvalue weighted by Crippen LogP contribution is -2.19. The molecule has 1 aliphatic heterocycles. The summed E-state index contributed by atoms with van der Waals surface area (Å²) in [4.78, 5) is 27.2. The van der Waals surface area contributed by atoms with Crippen molar-refractivity contribution in [2.75, 3.05) is 5.32 Å². The first-order valence-corrected chi connectivity index (χ1v) is 4.55. The van der Waals surface area contributed by atoms with Gasteiger partial charge in [-0.25, -0.2) is 4.98 Å². The molecule has 2 heterocycles. The maximum Gasteiger partial charge on any atom is 0.263 e. The van der Waals surface area contributed by atoms with E-state index in [2.05, 4.69) is 10.3 Å². The van der Waals surface area contributed by atoms with E-state index < -0.39 is 0 Å². The van der Waals surface area contributed by atoms with Crippen LogP contribution in [0, 0.1) is 0 Å². The summed E-state index contributed by atoms with van der Waals surface area (Å²) < 4.78 is 1.35. The second-order valence-electron chi connectivity index (χ2n) is 3.39. The molecule has 5 heteroatoms. The minimum Gasteiger partial charge on any atom is -0.294 e. The number of fused-ring (bicyclic) bond motifs is 2. The Kier molecular flexibility index (Phi) is 1.45. The maximum atomic E-state index is 11.9. The van der Waals surface area contributed by atoms with E-state index in [0.717, 1.165) is 0 Å². The number of aromatic nitrogens is 2. The molecule has 3 rings (SSSR count). The van der Waals surface area contributed by atoms with E-state index in [1.54, 1.807) is 18.2 Å². The minimum atomic E-state index is -0.199. The lowest BCUT2D eigenvalue weighted by molar-refractivity contribution is -0.115. The van der Waals surface area contributed by atoms with Gasteiger partial charge in [-0.3, -0.25) is 19.5 Å². The fourth-order valence-corrected chi connectivity index (χ4v) is 1.72. The van der Waals surface area contributed by atoms with Crippen molar-refractivity contribution in [1.29, 1.82) is 0 Å². The van der Waals surface area contributed by atoms with Gasteiger partial charge in [0.25, 0.3) is 5.56 Å². The molecule has 1 aromatic carbocycles. The molecule has 1 amide bonds. The van der Waals surface area contributed by atoms with Gasteiger partial charge in [-0.2, -0.15) is 0 Å². The Morgan fingerprint density at radius 3 is 2.93 bits per heavy atom. The maximum absolute atomic E-state index is 11.9. The van der Waals surface area contributed by atoms with Crippen molar-refractivity contribution < 1.29 is 4.79 Å². The molecule has 0 aliphatic carbocycles. The molecule has 1 aromatic heterocycles. The molecule has 0 fully saturated rings. The molecule has 0 radical (unpaired) electrons. The van der Waals surface area contributed by atoms with Crippen molar-refractivity contribution in [3.05, 3.63) is 34.6 Å². The van der Waals surface area contributed by atoms with Crippen LogP contribution in [0.5, 0.6) is 0 Å². The van der Waals surface area contributed by atoms with Crippen molar-refractivity contribution in [2.24, 2.45) is 0 Å². The molecule has 15 heavy (non-hydrogen) atoms. The first kappa shape index (κ1) is 8.16. The number of rotatable bonds is 0. The molecule has 0 saturated carbocycles. The Hall–Kier alpha value is -2.17. The van der Waals surface area contributed by atoms with Crippen molar-refractivity contribution in [3.8, 4) is 0 Å². The van der Waals surface area contributed by atoms with Crippen molar-refractivity contribution in [2.45, 2.75) is 6.54 Å². The number of hydrogen-bond donors (Lipinski definition) is 1. The summed E-state index contributed by atoms with van der Waals surface area (Å²) in [7, 11) is 0. The SMILES string of the molecule is O=C1Cn2c(nc3ccccc3c2=O)N1. The Morgan fingerprint density at radius 2 is 2.07 bits per heavy atom. The van der Waals surface area contributed by atoms with Gasteiger partial charge in [0.05, 0.1) is 10.9 Å². The summed E-state index contributed by atoms with van der Waals surface area (Å²) in [6.07, 6.45) is 0. The van der Waals surface area contributed by atoms with Crippen LogP contribution in [0.15, 0.2) is 29.1 Å². The van der Waals surface area contributed by atoms with Gasteiger partial charge in [-0.1, -0.05) is 12.1 Å². The number of carbonyl (C=O) groups is 1. The predicted molar refractivity (Wildman–Crippen MR) is 54.6 cm³/mol. The Bertz CT molecular complexity index is 630. The van der Waals surface area contributed by atoms with Crippen LogP contribution in [0.4, 0.5) is 5.95 Å². The van der Waals surface area contributed by atoms with Crippen LogP contribution in [0.2, 0.25) is 0 Å². The first-order valence-electron chi connectivity index (χ1n) is 4.55. The lowest BCUT2D eigenvalue weighted by Gasteiger charge is -2.01. The number of benzene rings is 1. The molecule has 0 spiro atoms. The number of nitrogens with zero attached hydrogens (tertiary/aromatic N) is 2. The van der Waals surface area contributed by atoms with E-state index in [4.69, 9.17) is 0 Å². The van der Waals surface area contributed by atoms with Crippen LogP contribution in [0.25, 0.3) is 10.9 Å². The Morgan fingerprint density at radius 1 is 1.27 bits per heavy atom. The molecular formula is C10H7N3O2. The standard InChI is InChI=1S/C10H7N3O2/c14-8-5-13-9(15)6-3-1-2-4-7(6)11-10(13)12-8/h1-4H,5H2,(H,11,12,14). The fraction of sp³-hybridized carbons (Fsp3) is 0.100. The zero-order valence-electron chi connectivity index (χ0n) is 7.73. The smallest absolute Gasteiger partial charge is 0.263 e. The average Bonchev–Trinajstić information content (AvgIpc) is 2.59. The highest BCUT2D eigenvalue weighted by molar-refractivity contribution is 5.94. The fourth-order valence-electron chi connectivity index (χ4n) is 1.72. The van der Waals surface area contributed by atoms with Crippen LogP contribution in [0.1, 0.15) is 0 Å². The predicted octanol–water partition coefficient (Wildman–Crippen LogP) is 0.349. The number of hydrogen-bond acceptors (Lipinski definition) is 3. The third-order valence-corrected chi connectivity index (χ3v) is 2.41. The van der Waals surface area contributed by atoms with E-state index in [9.17, 15) is 9.59 Å². The van der Waals surface area contributed by atoms with Crippen molar-refractivity contribution in [3.63, 3.8) is 0 Å². The minimum absolute atomic E-state index is 0.0615. The van der Waals surface area contributed by atoms with Gasteiger partial charge in [-0.15, -0.1) is 0 Å². The number of amides is 1. The van der Waals surface area contributed by atoms with Gasteiger partial charge in [-0.05, 0) is 12.1 Å². The average molecular weight is 201 g/mol. The second-order valence-corrected chi connectivity index (χ2v) is 3.39. The largest absolute Gasteiger partial charge is 0.294 e. The highest BCUT2D eigenvalue weighted by Crippen LogP contribution is 2.14. The van der Waals surface area contributed by atoms with Crippen LogP contribution >= 0.6 is 0 Å². The van der Waals surface area contributed by atoms with Gasteiger partial charge in [0, 0.05) is 0 Å². The number of anilines is 1. The summed E-state index contributed by atoms with van der Waals surface area (Å²) in [6, 6.07) is 7.05. The summed E-state index contributed by atoms with van der Waals surface area (Å²) in [5.74, 6) is 0.138. The lowest BCUT2D eigenvalue weighted by atomic mass is 10.2. The van der Waals surface area contributed by atoms with E-state index in [-0.39, 0.29) is 18.0 Å². The van der Waals surface area contributed by atoms with Crippen LogP contribution < -0.4 is 10.9 Å². The molecule has 0 saturated heterocycles. The zero-order chi connectivity index (χ0) is 10.4. The third kappa shape index (κ3) is 1.06. The van der Waals surface area contributed by atoms with Gasteiger partial charge in [0.15, 0.2) is 0 Å². The summed E-state index contributed by atoms with van der Waals surface area (Å²) >= 11 is 0. The summed E-state index contributed by atoms with van der Waals surface area (Å²) in [5, 5.41) is 3.08. The molecular weight excluding hydrogens is 194 g/mol. The quantitative estimate of drug-likeness (QED) is 0.668. The van der Waals surface area contributed by atoms with Crippen LogP contribution in [-0.2, 0) is 11.3 Å². The van der Waals surface area contributed by atoms with Crippen LogP contribution in [0.3, 0.4) is 0 Å². The molecule has 0 bridgehead atoms. The van der Waals surface area contributed by atoms with Gasteiger partial charge >= 0.3 is 0 Å². The molecule has 0 atom stereocenters. The monoisotopic (exact) mass is 201 g/mol. The summed E-state index contributed by atoms with van der Waals surface area (Å²) in [6.45, 7) is 0.0615. The van der Waals surface area contributed by atoms with E-state index in [1.807, 2.05) is 6.07 Å². The zero-order valence-corrected chi connectivity index (χ0v) is 7.73. The van der Waals surface area contributed by atoms with Crippen molar-refractivity contribution in [1.82, 2.24) is 9.55 Å².